The molecule has 0 aromatic heterocycles. The van der Waals surface area contributed by atoms with Crippen LogP contribution in [-0.2, 0) is 4.79 Å². The van der Waals surface area contributed by atoms with E-state index in [0.29, 0.717) is 31.9 Å². The zero-order valence-electron chi connectivity index (χ0n) is 14.1. The lowest BCUT2D eigenvalue weighted by Gasteiger charge is -2.36. The van der Waals surface area contributed by atoms with E-state index in [9.17, 15) is 14.0 Å². The van der Waals surface area contributed by atoms with Crippen molar-refractivity contribution in [2.75, 3.05) is 37.7 Å². The zero-order chi connectivity index (χ0) is 18.5. The molecule has 136 valence electrons. The number of halogens is 1. The van der Waals surface area contributed by atoms with Crippen molar-refractivity contribution < 1.29 is 23.8 Å². The molecule has 1 fully saturated rings. The van der Waals surface area contributed by atoms with Crippen LogP contribution >= 0.6 is 0 Å². The van der Waals surface area contributed by atoms with Gasteiger partial charge >= 0.3 is 5.97 Å². The van der Waals surface area contributed by atoms with Gasteiger partial charge in [-0.15, -0.1) is 0 Å². The van der Waals surface area contributed by atoms with E-state index in [1.165, 1.54) is 18.2 Å². The van der Waals surface area contributed by atoms with Crippen LogP contribution in [0.4, 0.5) is 10.1 Å². The minimum absolute atomic E-state index is 0.128. The molecule has 0 radical (unpaired) electrons. The second kappa shape index (κ2) is 7.86. The number of amides is 1. The average molecular weight is 358 g/mol. The van der Waals surface area contributed by atoms with Gasteiger partial charge in [-0.2, -0.15) is 0 Å². The Labute approximate surface area is 150 Å². The Bertz CT molecular complexity index is 786. The van der Waals surface area contributed by atoms with Gasteiger partial charge in [0.25, 0.3) is 5.91 Å². The van der Waals surface area contributed by atoms with Crippen molar-refractivity contribution in [2.24, 2.45) is 0 Å². The summed E-state index contributed by atoms with van der Waals surface area (Å²) < 4.78 is 18.5. The number of carbonyl (C=O) groups is 2. The second-order valence-corrected chi connectivity index (χ2v) is 5.97. The number of aromatic carboxylic acids is 1. The number of hydrogen-bond acceptors (Lipinski definition) is 4. The normalized spacial score (nSPS) is 14.2. The van der Waals surface area contributed by atoms with Crippen LogP contribution in [0.3, 0.4) is 0 Å². The van der Waals surface area contributed by atoms with E-state index in [2.05, 4.69) is 4.90 Å². The fraction of sp³-hybridized carbons (Fsp3) is 0.263. The third-order valence-corrected chi connectivity index (χ3v) is 4.27. The summed E-state index contributed by atoms with van der Waals surface area (Å²) in [5.74, 6) is -1.17. The molecule has 0 spiro atoms. The first-order valence-corrected chi connectivity index (χ1v) is 8.27. The van der Waals surface area contributed by atoms with Gasteiger partial charge in [0.05, 0.1) is 5.56 Å². The number of ether oxygens (including phenoxy) is 1. The molecule has 1 heterocycles. The second-order valence-electron chi connectivity index (χ2n) is 5.97. The van der Waals surface area contributed by atoms with Crippen LogP contribution < -0.4 is 9.64 Å². The molecule has 26 heavy (non-hydrogen) atoms. The van der Waals surface area contributed by atoms with Gasteiger partial charge in [-0.1, -0.05) is 6.07 Å². The fourth-order valence-electron chi connectivity index (χ4n) is 2.82. The fourth-order valence-corrected chi connectivity index (χ4v) is 2.82. The molecule has 2 aromatic carbocycles. The minimum Gasteiger partial charge on any atom is -0.484 e. The maximum Gasteiger partial charge on any atom is 0.335 e. The SMILES string of the molecule is O=C(O)c1ccc(N2CCN(C(=O)COc3cccc(F)c3)CC2)cc1. The van der Waals surface area contributed by atoms with E-state index in [0.717, 1.165) is 5.69 Å². The number of benzene rings is 2. The van der Waals surface area contributed by atoms with Gasteiger partial charge in [0.2, 0.25) is 0 Å². The predicted octanol–water partition coefficient (Wildman–Crippen LogP) is 2.25. The standard InChI is InChI=1S/C19H19FN2O4/c20-15-2-1-3-17(12-15)26-13-18(23)22-10-8-21(9-11-22)16-6-4-14(5-7-16)19(24)25/h1-7,12H,8-11,13H2,(H,24,25). The Kier molecular flexibility index (Phi) is 5.36. The summed E-state index contributed by atoms with van der Waals surface area (Å²) in [5, 5.41) is 8.94. The lowest BCUT2D eigenvalue weighted by Crippen LogP contribution is -2.50. The van der Waals surface area contributed by atoms with E-state index in [4.69, 9.17) is 9.84 Å². The molecule has 6 nitrogen and oxygen atoms in total. The van der Waals surface area contributed by atoms with E-state index in [1.54, 1.807) is 35.2 Å². The average Bonchev–Trinajstić information content (AvgIpc) is 2.66. The third kappa shape index (κ3) is 4.30. The number of carboxylic acids is 1. The van der Waals surface area contributed by atoms with Gasteiger partial charge in [0, 0.05) is 37.9 Å². The van der Waals surface area contributed by atoms with Gasteiger partial charge in [-0.3, -0.25) is 4.79 Å². The van der Waals surface area contributed by atoms with E-state index >= 15 is 0 Å². The molecule has 0 atom stereocenters. The maximum atomic E-state index is 13.1. The molecule has 1 N–H and O–H groups in total. The summed E-state index contributed by atoms with van der Waals surface area (Å²) in [6.45, 7) is 2.27. The van der Waals surface area contributed by atoms with Crippen molar-refractivity contribution in [3.8, 4) is 5.75 Å². The summed E-state index contributed by atoms with van der Waals surface area (Å²) in [4.78, 5) is 27.0. The van der Waals surface area contributed by atoms with Crippen LogP contribution in [0.25, 0.3) is 0 Å². The molecule has 3 rings (SSSR count). The first-order valence-electron chi connectivity index (χ1n) is 8.27. The number of hydrogen-bond donors (Lipinski definition) is 1. The zero-order valence-corrected chi connectivity index (χ0v) is 14.1. The molecular formula is C19H19FN2O4. The summed E-state index contributed by atoms with van der Waals surface area (Å²) in [6.07, 6.45) is 0. The summed E-state index contributed by atoms with van der Waals surface area (Å²) >= 11 is 0. The number of piperazine rings is 1. The van der Waals surface area contributed by atoms with E-state index in [-0.39, 0.29) is 18.1 Å². The van der Waals surface area contributed by atoms with E-state index < -0.39 is 11.8 Å². The van der Waals surface area contributed by atoms with Crippen LogP contribution in [0.1, 0.15) is 10.4 Å². The van der Waals surface area contributed by atoms with Crippen molar-refractivity contribution in [3.05, 3.63) is 59.9 Å². The number of carboxylic acid groups (broad SMARTS) is 1. The minimum atomic E-state index is -0.953. The molecule has 0 aliphatic carbocycles. The van der Waals surface area contributed by atoms with Crippen molar-refractivity contribution in [3.63, 3.8) is 0 Å². The highest BCUT2D eigenvalue weighted by Gasteiger charge is 2.21. The lowest BCUT2D eigenvalue weighted by atomic mass is 10.2. The van der Waals surface area contributed by atoms with E-state index in [1.807, 2.05) is 0 Å². The molecule has 1 saturated heterocycles. The third-order valence-electron chi connectivity index (χ3n) is 4.27. The molecule has 0 unspecified atom stereocenters. The lowest BCUT2D eigenvalue weighted by molar-refractivity contribution is -0.133. The predicted molar refractivity (Wildman–Crippen MR) is 94.1 cm³/mol. The van der Waals surface area contributed by atoms with Gasteiger partial charge in [-0.25, -0.2) is 9.18 Å². The van der Waals surface area contributed by atoms with Crippen LogP contribution in [0, 0.1) is 5.82 Å². The van der Waals surface area contributed by atoms with Crippen LogP contribution in [0.2, 0.25) is 0 Å². The van der Waals surface area contributed by atoms with Crippen LogP contribution in [0.5, 0.6) is 5.75 Å². The first-order chi connectivity index (χ1) is 12.5. The number of anilines is 1. The Hall–Kier alpha value is -3.09. The van der Waals surface area contributed by atoms with Crippen LogP contribution in [-0.4, -0.2) is 54.7 Å². The Balaban J connectivity index is 1.49. The van der Waals surface area contributed by atoms with Gasteiger partial charge in [0.1, 0.15) is 11.6 Å². The van der Waals surface area contributed by atoms with Gasteiger partial charge in [-0.05, 0) is 36.4 Å². The molecule has 1 aliphatic heterocycles. The van der Waals surface area contributed by atoms with Gasteiger partial charge < -0.3 is 19.6 Å². The van der Waals surface area contributed by atoms with Crippen LogP contribution in [0.15, 0.2) is 48.5 Å². The highest BCUT2D eigenvalue weighted by molar-refractivity contribution is 5.88. The van der Waals surface area contributed by atoms with Crippen molar-refractivity contribution >= 4 is 17.6 Å². The monoisotopic (exact) mass is 358 g/mol. The Morgan fingerprint density at radius 2 is 1.73 bits per heavy atom. The molecule has 1 amide bonds. The largest absolute Gasteiger partial charge is 0.484 e. The molecule has 2 aromatic rings. The van der Waals surface area contributed by atoms with Crippen molar-refractivity contribution in [1.82, 2.24) is 4.90 Å². The van der Waals surface area contributed by atoms with Gasteiger partial charge in [0.15, 0.2) is 6.61 Å². The first kappa shape index (κ1) is 17.7. The molecule has 7 heteroatoms. The Morgan fingerprint density at radius 1 is 1.04 bits per heavy atom. The van der Waals surface area contributed by atoms with Crippen molar-refractivity contribution in [1.29, 1.82) is 0 Å². The highest BCUT2D eigenvalue weighted by atomic mass is 19.1. The molecule has 0 saturated carbocycles. The smallest absolute Gasteiger partial charge is 0.335 e. The van der Waals surface area contributed by atoms with Crippen molar-refractivity contribution in [2.45, 2.75) is 0 Å². The molecule has 1 aliphatic rings. The summed E-state index contributed by atoms with van der Waals surface area (Å²) in [6, 6.07) is 12.4. The number of carbonyl (C=O) groups excluding carboxylic acids is 1. The quantitative estimate of drug-likeness (QED) is 0.888. The summed E-state index contributed by atoms with van der Waals surface area (Å²) in [5.41, 5.74) is 1.18. The maximum absolute atomic E-state index is 13.1. The molecular weight excluding hydrogens is 339 g/mol. The highest BCUT2D eigenvalue weighted by Crippen LogP contribution is 2.18. The number of nitrogens with zero attached hydrogens (tertiary/aromatic N) is 2. The topological polar surface area (TPSA) is 70.1 Å². The summed E-state index contributed by atoms with van der Waals surface area (Å²) in [7, 11) is 0. The Morgan fingerprint density at radius 3 is 2.35 bits per heavy atom. The molecule has 0 bridgehead atoms. The number of rotatable bonds is 5.